The predicted octanol–water partition coefficient (Wildman–Crippen LogP) is 3.64. The van der Waals surface area contributed by atoms with Crippen molar-refractivity contribution in [2.45, 2.75) is 26.3 Å². The first-order valence-electron chi connectivity index (χ1n) is 9.66. The van der Waals surface area contributed by atoms with Gasteiger partial charge in [-0.3, -0.25) is 4.79 Å². The molecule has 0 aliphatic carbocycles. The molecule has 31 heavy (non-hydrogen) atoms. The fraction of sp³-hybridized carbons (Fsp3) is 0.286. The number of urea groups is 1. The maximum atomic E-state index is 12.4. The van der Waals surface area contributed by atoms with Gasteiger partial charge < -0.3 is 20.5 Å². The highest BCUT2D eigenvalue weighted by atomic mass is 32.1. The molecule has 160 valence electrons. The van der Waals surface area contributed by atoms with Crippen molar-refractivity contribution in [3.63, 3.8) is 0 Å². The lowest BCUT2D eigenvalue weighted by Crippen LogP contribution is -2.48. The zero-order valence-corrected chi connectivity index (χ0v) is 17.9. The number of hydrogen-bond acceptors (Lipinski definition) is 7. The van der Waals surface area contributed by atoms with Crippen molar-refractivity contribution in [2.24, 2.45) is 5.92 Å². The van der Waals surface area contributed by atoms with Crippen LogP contribution in [0.15, 0.2) is 46.3 Å². The lowest BCUT2D eigenvalue weighted by atomic mass is 10.0. The molecule has 3 rings (SSSR count). The van der Waals surface area contributed by atoms with E-state index < -0.39 is 12.1 Å². The van der Waals surface area contributed by atoms with Gasteiger partial charge in [-0.25, -0.2) is 4.79 Å². The van der Waals surface area contributed by atoms with Crippen LogP contribution in [-0.2, 0) is 4.79 Å². The third-order valence-corrected chi connectivity index (χ3v) is 5.09. The number of amides is 3. The van der Waals surface area contributed by atoms with E-state index in [0.717, 1.165) is 10.4 Å². The van der Waals surface area contributed by atoms with E-state index in [1.807, 2.05) is 37.4 Å². The van der Waals surface area contributed by atoms with Crippen LogP contribution in [0.1, 0.15) is 20.3 Å². The number of nitrogens with one attached hydrogen (secondary N) is 3. The first-order valence-corrected chi connectivity index (χ1v) is 10.5. The minimum Gasteiger partial charge on any atom is -0.341 e. The van der Waals surface area contributed by atoms with Crippen LogP contribution in [0.5, 0.6) is 0 Å². The number of benzene rings is 1. The van der Waals surface area contributed by atoms with E-state index in [1.165, 1.54) is 11.3 Å². The third kappa shape index (κ3) is 6.13. The van der Waals surface area contributed by atoms with Crippen LogP contribution in [0.25, 0.3) is 22.2 Å². The van der Waals surface area contributed by atoms with E-state index in [4.69, 9.17) is 9.78 Å². The number of nitriles is 1. The summed E-state index contributed by atoms with van der Waals surface area (Å²) >= 11 is 1.51. The standard InChI is InChI=1S/C21H22N6O3S/c1-13(2)12-16(19(28)23-10-9-22)25-21(29)24-15-7-5-14(6-8-15)18-26-20(30-27-18)17-4-3-11-31-17/h3-8,11,13,16H,10,12H2,1-2H3,(H,23,28)(H2,24,25,29). The second-order valence-electron chi connectivity index (χ2n) is 7.13. The Morgan fingerprint density at radius 1 is 1.23 bits per heavy atom. The fourth-order valence-electron chi connectivity index (χ4n) is 2.82. The van der Waals surface area contributed by atoms with E-state index in [0.29, 0.717) is 23.8 Å². The van der Waals surface area contributed by atoms with Crippen molar-refractivity contribution in [1.29, 1.82) is 5.26 Å². The molecule has 10 heteroatoms. The summed E-state index contributed by atoms with van der Waals surface area (Å²) in [6, 6.07) is 11.4. The van der Waals surface area contributed by atoms with Gasteiger partial charge in [0.05, 0.1) is 10.9 Å². The van der Waals surface area contributed by atoms with Gasteiger partial charge in [0.25, 0.3) is 5.89 Å². The van der Waals surface area contributed by atoms with E-state index in [9.17, 15) is 9.59 Å². The number of rotatable bonds is 8. The molecule has 9 nitrogen and oxygen atoms in total. The Morgan fingerprint density at radius 2 is 2.00 bits per heavy atom. The molecule has 0 saturated heterocycles. The fourth-order valence-corrected chi connectivity index (χ4v) is 3.47. The maximum absolute atomic E-state index is 12.4. The van der Waals surface area contributed by atoms with Crippen molar-refractivity contribution in [2.75, 3.05) is 11.9 Å². The molecule has 1 aromatic carbocycles. The Morgan fingerprint density at radius 3 is 2.65 bits per heavy atom. The number of thiophene rings is 1. The van der Waals surface area contributed by atoms with E-state index in [2.05, 4.69) is 26.1 Å². The van der Waals surface area contributed by atoms with Gasteiger partial charge in [-0.2, -0.15) is 10.2 Å². The zero-order chi connectivity index (χ0) is 22.2. The van der Waals surface area contributed by atoms with Gasteiger partial charge in [-0.15, -0.1) is 11.3 Å². The smallest absolute Gasteiger partial charge is 0.319 e. The largest absolute Gasteiger partial charge is 0.341 e. The minimum absolute atomic E-state index is 0.109. The molecule has 1 unspecified atom stereocenters. The van der Waals surface area contributed by atoms with Gasteiger partial charge in [0, 0.05) is 11.3 Å². The van der Waals surface area contributed by atoms with Crippen molar-refractivity contribution in [3.8, 4) is 28.2 Å². The third-order valence-electron chi connectivity index (χ3n) is 4.23. The van der Waals surface area contributed by atoms with E-state index in [1.54, 1.807) is 24.3 Å². The van der Waals surface area contributed by atoms with Gasteiger partial charge in [-0.05, 0) is 48.1 Å². The first-order chi connectivity index (χ1) is 15.0. The summed E-state index contributed by atoms with van der Waals surface area (Å²) in [5, 5.41) is 22.4. The predicted molar refractivity (Wildman–Crippen MR) is 117 cm³/mol. The van der Waals surface area contributed by atoms with Crippen LogP contribution in [0.3, 0.4) is 0 Å². The zero-order valence-electron chi connectivity index (χ0n) is 17.1. The molecule has 0 aliphatic heterocycles. The summed E-state index contributed by atoms with van der Waals surface area (Å²) in [6.45, 7) is 3.79. The number of aromatic nitrogens is 2. The summed E-state index contributed by atoms with van der Waals surface area (Å²) in [6.07, 6.45) is 0.452. The Kier molecular flexibility index (Phi) is 7.35. The summed E-state index contributed by atoms with van der Waals surface area (Å²) in [7, 11) is 0. The number of hydrogen-bond donors (Lipinski definition) is 3. The molecular weight excluding hydrogens is 416 g/mol. The quantitative estimate of drug-likeness (QED) is 0.460. The Hall–Kier alpha value is -3.71. The number of carbonyl (C=O) groups is 2. The monoisotopic (exact) mass is 438 g/mol. The molecule has 0 radical (unpaired) electrons. The van der Waals surface area contributed by atoms with Gasteiger partial charge in [-0.1, -0.05) is 25.1 Å². The topological polar surface area (TPSA) is 133 Å². The van der Waals surface area contributed by atoms with Crippen LogP contribution in [0.4, 0.5) is 10.5 Å². The molecule has 3 N–H and O–H groups in total. The average Bonchev–Trinajstić information content (AvgIpc) is 3.43. The summed E-state index contributed by atoms with van der Waals surface area (Å²) in [5.41, 5.74) is 1.29. The van der Waals surface area contributed by atoms with Gasteiger partial charge >= 0.3 is 6.03 Å². The molecule has 3 aromatic rings. The Labute approximate surface area is 183 Å². The highest BCUT2D eigenvalue weighted by Gasteiger charge is 2.21. The van der Waals surface area contributed by atoms with Crippen molar-refractivity contribution < 1.29 is 14.1 Å². The van der Waals surface area contributed by atoms with E-state index >= 15 is 0 Å². The van der Waals surface area contributed by atoms with Crippen LogP contribution in [0.2, 0.25) is 0 Å². The molecule has 0 fully saturated rings. The number of carbonyl (C=O) groups excluding carboxylic acids is 2. The van der Waals surface area contributed by atoms with Crippen LogP contribution in [0, 0.1) is 17.2 Å². The molecular formula is C21H22N6O3S. The molecule has 0 saturated carbocycles. The molecule has 3 amide bonds. The molecule has 2 aromatic heterocycles. The minimum atomic E-state index is -0.734. The SMILES string of the molecule is CC(C)CC(NC(=O)Nc1ccc(-c2noc(-c3cccs3)n2)cc1)C(=O)NCC#N. The van der Waals surface area contributed by atoms with E-state index in [-0.39, 0.29) is 18.4 Å². The second kappa shape index (κ2) is 10.4. The summed E-state index contributed by atoms with van der Waals surface area (Å²) in [4.78, 5) is 29.8. The highest BCUT2D eigenvalue weighted by molar-refractivity contribution is 7.13. The average molecular weight is 439 g/mol. The van der Waals surface area contributed by atoms with Gasteiger partial charge in [0.1, 0.15) is 12.6 Å². The normalized spacial score (nSPS) is 11.5. The molecule has 0 bridgehead atoms. The molecule has 0 aliphatic rings. The van der Waals surface area contributed by atoms with Crippen LogP contribution in [-0.4, -0.2) is 34.7 Å². The number of nitrogens with zero attached hydrogens (tertiary/aromatic N) is 3. The van der Waals surface area contributed by atoms with Crippen molar-refractivity contribution in [1.82, 2.24) is 20.8 Å². The molecule has 0 spiro atoms. The molecule has 1 atom stereocenters. The molecule has 2 heterocycles. The van der Waals surface area contributed by atoms with Crippen molar-refractivity contribution >= 4 is 29.0 Å². The maximum Gasteiger partial charge on any atom is 0.319 e. The van der Waals surface area contributed by atoms with Gasteiger partial charge in [0.2, 0.25) is 11.7 Å². The summed E-state index contributed by atoms with van der Waals surface area (Å²) < 4.78 is 5.30. The Balaban J connectivity index is 1.61. The second-order valence-corrected chi connectivity index (χ2v) is 8.08. The lowest BCUT2D eigenvalue weighted by molar-refractivity contribution is -0.123. The lowest BCUT2D eigenvalue weighted by Gasteiger charge is -2.19. The Bertz CT molecular complexity index is 1050. The van der Waals surface area contributed by atoms with Crippen LogP contribution >= 0.6 is 11.3 Å². The first kappa shape index (κ1) is 22.0. The van der Waals surface area contributed by atoms with Gasteiger partial charge in [0.15, 0.2) is 0 Å². The van der Waals surface area contributed by atoms with Crippen LogP contribution < -0.4 is 16.0 Å². The number of anilines is 1. The highest BCUT2D eigenvalue weighted by Crippen LogP contribution is 2.26. The summed E-state index contributed by atoms with van der Waals surface area (Å²) in [5.74, 6) is 0.703. The van der Waals surface area contributed by atoms with Crippen molar-refractivity contribution in [3.05, 3.63) is 41.8 Å².